The van der Waals surface area contributed by atoms with Gasteiger partial charge in [0, 0.05) is 23.0 Å². The Balaban J connectivity index is 0.000000179. The minimum absolute atomic E-state index is 0.00953. The molecule has 2 saturated carbocycles. The fourth-order valence-corrected chi connectivity index (χ4v) is 6.82. The number of nitrogens with two attached hydrogens (primary N) is 1. The van der Waals surface area contributed by atoms with Crippen molar-refractivity contribution in [1.29, 1.82) is 0 Å². The molecule has 2 aromatic carbocycles. The molecular formula is C40H53ClN6O7. The van der Waals surface area contributed by atoms with E-state index in [-0.39, 0.29) is 35.2 Å². The molecule has 3 aromatic rings. The van der Waals surface area contributed by atoms with Crippen LogP contribution in [-0.4, -0.2) is 49.8 Å². The van der Waals surface area contributed by atoms with Gasteiger partial charge in [0.05, 0.1) is 12.1 Å². The van der Waals surface area contributed by atoms with Crippen LogP contribution in [0.5, 0.6) is 0 Å². The van der Waals surface area contributed by atoms with Crippen LogP contribution in [0, 0.1) is 5.92 Å². The summed E-state index contributed by atoms with van der Waals surface area (Å²) in [5.74, 6) is 2.14. The van der Waals surface area contributed by atoms with Crippen LogP contribution in [0.1, 0.15) is 145 Å². The Bertz CT molecular complexity index is 1840. The second-order valence-corrected chi connectivity index (χ2v) is 16.7. The number of hydrogen-bond acceptors (Lipinski definition) is 10. The van der Waals surface area contributed by atoms with Gasteiger partial charge in [-0.1, -0.05) is 47.4 Å². The number of fused-ring (bicyclic) bond motifs is 2. The van der Waals surface area contributed by atoms with E-state index in [1.54, 1.807) is 6.07 Å². The highest BCUT2D eigenvalue weighted by molar-refractivity contribution is 6.64. The lowest BCUT2D eigenvalue weighted by Gasteiger charge is -2.22. The number of aryl methyl sites for hydroxylation is 2. The van der Waals surface area contributed by atoms with Gasteiger partial charge in [0.15, 0.2) is 5.84 Å². The second-order valence-electron chi connectivity index (χ2n) is 16.3. The quantitative estimate of drug-likeness (QED) is 0.0623. The lowest BCUT2D eigenvalue weighted by atomic mass is 9.85. The lowest BCUT2D eigenvalue weighted by molar-refractivity contribution is -0.117. The number of hydrogen-bond donors (Lipinski definition) is 4. The van der Waals surface area contributed by atoms with Crippen molar-refractivity contribution >= 4 is 34.9 Å². The molecule has 2 amide bonds. The first-order chi connectivity index (χ1) is 25.5. The number of amidine groups is 1. The van der Waals surface area contributed by atoms with Gasteiger partial charge in [0.1, 0.15) is 11.2 Å². The molecule has 1 heterocycles. The highest BCUT2D eigenvalue weighted by Gasteiger charge is 2.30. The van der Waals surface area contributed by atoms with Crippen LogP contribution < -0.4 is 16.4 Å². The lowest BCUT2D eigenvalue weighted by Crippen LogP contribution is -2.34. The number of carbonyl (C=O) groups is 3. The molecule has 1 aromatic heterocycles. The van der Waals surface area contributed by atoms with Crippen molar-refractivity contribution < 1.29 is 33.6 Å². The van der Waals surface area contributed by atoms with Gasteiger partial charge in [-0.2, -0.15) is 4.98 Å². The molecule has 0 spiro atoms. The van der Waals surface area contributed by atoms with E-state index >= 15 is 0 Å². The maximum absolute atomic E-state index is 12.0. The zero-order valence-electron chi connectivity index (χ0n) is 32.0. The van der Waals surface area contributed by atoms with Crippen molar-refractivity contribution in [2.75, 3.05) is 0 Å². The summed E-state index contributed by atoms with van der Waals surface area (Å²) >= 11 is 5.14. The van der Waals surface area contributed by atoms with Gasteiger partial charge in [-0.25, -0.2) is 9.59 Å². The number of oxime groups is 1. The SMILES string of the molecule is CC(C)(C)OC(=O)N[C@@H]1CCc2cc(-c3noc(C4CCC4)n3)ccc21.CC(C)(C)OC(=O)N[C@@H]1CCc2cc(C(N)=NO)ccc21.O=C(Cl)C1CCC1. The minimum atomic E-state index is -0.512. The van der Waals surface area contributed by atoms with Crippen LogP contribution in [0.25, 0.3) is 11.4 Å². The number of ether oxygens (including phenoxy) is 2. The number of halogens is 1. The van der Waals surface area contributed by atoms with Crippen molar-refractivity contribution in [3.05, 3.63) is 70.1 Å². The molecule has 2 fully saturated rings. The van der Waals surface area contributed by atoms with E-state index in [0.717, 1.165) is 79.5 Å². The molecule has 4 aliphatic rings. The Kier molecular flexibility index (Phi) is 12.9. The summed E-state index contributed by atoms with van der Waals surface area (Å²) in [7, 11) is 0. The van der Waals surface area contributed by atoms with E-state index in [2.05, 4.69) is 38.1 Å². The standard InChI is InChI=1S/C20H25N3O3.C15H21N3O3.C5H7ClO/c1-20(2,3)25-19(24)21-16-10-8-13-11-14(7-9-15(13)16)17-22-18(26-23-17)12-5-4-6-12;1-15(2,3)21-14(19)17-12-7-5-9-8-10(13(16)18-20)4-6-11(9)12;6-5(7)4-2-1-3-4/h7,9,11-12,16H,4-6,8,10H2,1-3H3,(H,21,24);4,6,8,12,20H,5,7H2,1-3H3,(H2,16,18)(H,17,19);4H,1-3H2/t16-;12-;/m11./s1. The third kappa shape index (κ3) is 11.0. The number of rotatable bonds is 6. The van der Waals surface area contributed by atoms with Crippen molar-refractivity contribution in [1.82, 2.24) is 20.8 Å². The summed E-state index contributed by atoms with van der Waals surface area (Å²) in [5.41, 5.74) is 10.7. The third-order valence-electron chi connectivity index (χ3n) is 9.81. The first-order valence-corrected chi connectivity index (χ1v) is 19.1. The van der Waals surface area contributed by atoms with Crippen LogP contribution in [0.15, 0.2) is 46.1 Å². The fraction of sp³-hybridized carbons (Fsp3) is 0.550. The van der Waals surface area contributed by atoms with E-state index in [4.69, 9.17) is 36.5 Å². The molecule has 4 aliphatic carbocycles. The van der Waals surface area contributed by atoms with E-state index in [1.165, 1.54) is 18.4 Å². The molecule has 0 unspecified atom stereocenters. The number of nitrogens with one attached hydrogen (secondary N) is 2. The first-order valence-electron chi connectivity index (χ1n) is 18.8. The van der Waals surface area contributed by atoms with E-state index in [1.807, 2.05) is 59.7 Å². The molecule has 0 radical (unpaired) electrons. The predicted molar refractivity (Wildman–Crippen MR) is 204 cm³/mol. The zero-order chi connectivity index (χ0) is 39.2. The van der Waals surface area contributed by atoms with Crippen molar-refractivity contribution in [3.8, 4) is 11.4 Å². The Morgan fingerprint density at radius 1 is 0.833 bits per heavy atom. The summed E-state index contributed by atoms with van der Waals surface area (Å²) < 4.78 is 16.1. The molecule has 0 bridgehead atoms. The van der Waals surface area contributed by atoms with Gasteiger partial charge in [-0.3, -0.25) is 4.79 Å². The van der Waals surface area contributed by atoms with Crippen LogP contribution in [0.4, 0.5) is 9.59 Å². The number of carbonyl (C=O) groups excluding carboxylic acids is 3. The van der Waals surface area contributed by atoms with E-state index < -0.39 is 17.3 Å². The Labute approximate surface area is 321 Å². The number of benzene rings is 2. The third-order valence-corrected chi connectivity index (χ3v) is 10.1. The Morgan fingerprint density at radius 3 is 1.81 bits per heavy atom. The van der Waals surface area contributed by atoms with Gasteiger partial charge in [-0.15, -0.1) is 0 Å². The molecule has 5 N–H and O–H groups in total. The van der Waals surface area contributed by atoms with Crippen molar-refractivity contribution in [2.45, 2.75) is 135 Å². The fourth-order valence-electron chi connectivity index (χ4n) is 6.60. The Hall–Kier alpha value is -4.65. The largest absolute Gasteiger partial charge is 0.444 e. The maximum Gasteiger partial charge on any atom is 0.408 e. The summed E-state index contributed by atoms with van der Waals surface area (Å²) in [6.45, 7) is 11.1. The van der Waals surface area contributed by atoms with Crippen LogP contribution >= 0.6 is 11.6 Å². The van der Waals surface area contributed by atoms with Gasteiger partial charge in [0.2, 0.25) is 17.0 Å². The number of aromatic nitrogens is 2. The zero-order valence-corrected chi connectivity index (χ0v) is 32.8. The van der Waals surface area contributed by atoms with Crippen LogP contribution in [0.2, 0.25) is 0 Å². The molecule has 54 heavy (non-hydrogen) atoms. The molecule has 14 heteroatoms. The minimum Gasteiger partial charge on any atom is -0.444 e. The van der Waals surface area contributed by atoms with Crippen LogP contribution in [-0.2, 0) is 27.1 Å². The molecule has 0 saturated heterocycles. The number of alkyl carbamates (subject to hydrolysis) is 2. The topological polar surface area (TPSA) is 191 Å². The molecule has 7 rings (SSSR count). The highest BCUT2D eigenvalue weighted by Crippen LogP contribution is 2.38. The van der Waals surface area contributed by atoms with Gasteiger partial charge in [-0.05, 0) is 139 Å². The van der Waals surface area contributed by atoms with Gasteiger partial charge >= 0.3 is 12.2 Å². The summed E-state index contributed by atoms with van der Waals surface area (Å²) in [6, 6.07) is 11.7. The highest BCUT2D eigenvalue weighted by atomic mass is 35.5. The van der Waals surface area contributed by atoms with Gasteiger partial charge < -0.3 is 35.6 Å². The summed E-state index contributed by atoms with van der Waals surface area (Å²) in [4.78, 5) is 38.6. The van der Waals surface area contributed by atoms with Crippen molar-refractivity contribution in [3.63, 3.8) is 0 Å². The smallest absolute Gasteiger partial charge is 0.408 e. The maximum atomic E-state index is 12.0. The molecular weight excluding hydrogens is 712 g/mol. The second kappa shape index (κ2) is 17.2. The molecule has 292 valence electrons. The number of nitrogens with zero attached hydrogens (tertiary/aromatic N) is 3. The van der Waals surface area contributed by atoms with E-state index in [9.17, 15) is 14.4 Å². The molecule has 13 nitrogen and oxygen atoms in total. The van der Waals surface area contributed by atoms with Crippen molar-refractivity contribution in [2.24, 2.45) is 16.8 Å². The molecule has 0 aliphatic heterocycles. The summed E-state index contributed by atoms with van der Waals surface area (Å²) in [6.07, 6.45) is 9.39. The molecule has 2 atom stereocenters. The first kappa shape index (κ1) is 40.5. The Morgan fingerprint density at radius 2 is 1.37 bits per heavy atom. The van der Waals surface area contributed by atoms with Gasteiger partial charge in [0.25, 0.3) is 0 Å². The normalized spacial score (nSPS) is 19.4. The predicted octanol–water partition coefficient (Wildman–Crippen LogP) is 8.36. The van der Waals surface area contributed by atoms with Crippen LogP contribution in [0.3, 0.4) is 0 Å². The monoisotopic (exact) mass is 764 g/mol. The average molecular weight is 765 g/mol. The summed E-state index contributed by atoms with van der Waals surface area (Å²) in [5, 5.41) is 21.6. The average Bonchev–Trinajstić information content (AvgIpc) is 3.76. The number of amides is 2. The van der Waals surface area contributed by atoms with E-state index in [0.29, 0.717) is 17.3 Å².